The third-order valence-electron chi connectivity index (χ3n) is 5.88. The molecular formula is C22H26N6O2S. The van der Waals surface area contributed by atoms with E-state index in [0.717, 1.165) is 34.4 Å². The van der Waals surface area contributed by atoms with Crippen LogP contribution in [-0.2, 0) is 11.3 Å². The van der Waals surface area contributed by atoms with Gasteiger partial charge in [0.25, 0.3) is 5.91 Å². The van der Waals surface area contributed by atoms with Crippen LogP contribution in [0.15, 0.2) is 29.8 Å². The van der Waals surface area contributed by atoms with E-state index >= 15 is 0 Å². The first-order valence-electron chi connectivity index (χ1n) is 10.8. The van der Waals surface area contributed by atoms with E-state index in [-0.39, 0.29) is 11.8 Å². The maximum atomic E-state index is 13.5. The summed E-state index contributed by atoms with van der Waals surface area (Å²) in [5, 5.41) is 10.3. The highest BCUT2D eigenvalue weighted by molar-refractivity contribution is 7.13. The Balaban J connectivity index is 1.34. The van der Waals surface area contributed by atoms with Gasteiger partial charge in [-0.1, -0.05) is 6.07 Å². The van der Waals surface area contributed by atoms with Crippen LogP contribution < -0.4 is 5.32 Å². The van der Waals surface area contributed by atoms with E-state index in [9.17, 15) is 9.59 Å². The lowest BCUT2D eigenvalue weighted by molar-refractivity contribution is -0.122. The van der Waals surface area contributed by atoms with Gasteiger partial charge in [0.2, 0.25) is 5.91 Å². The van der Waals surface area contributed by atoms with Crippen LogP contribution in [0, 0.1) is 0 Å². The molecular weight excluding hydrogens is 412 g/mol. The normalized spacial score (nSPS) is 17.3. The van der Waals surface area contributed by atoms with Gasteiger partial charge >= 0.3 is 0 Å². The van der Waals surface area contributed by atoms with Crippen molar-refractivity contribution in [3.63, 3.8) is 0 Å². The predicted molar refractivity (Wildman–Crippen MR) is 120 cm³/mol. The van der Waals surface area contributed by atoms with Crippen LogP contribution in [0.25, 0.3) is 21.6 Å². The second-order valence-corrected chi connectivity index (χ2v) is 9.09. The van der Waals surface area contributed by atoms with E-state index in [1.807, 2.05) is 40.1 Å². The Bertz CT molecular complexity index is 1100. The van der Waals surface area contributed by atoms with Gasteiger partial charge in [-0.25, -0.2) is 9.67 Å². The fourth-order valence-corrected chi connectivity index (χ4v) is 4.68. The smallest absolute Gasteiger partial charge is 0.254 e. The third-order valence-corrected chi connectivity index (χ3v) is 6.77. The Morgan fingerprint density at radius 3 is 2.71 bits per heavy atom. The summed E-state index contributed by atoms with van der Waals surface area (Å²) in [5.41, 5.74) is 2.19. The number of pyridine rings is 1. The van der Waals surface area contributed by atoms with Crippen molar-refractivity contribution in [3.05, 3.63) is 35.3 Å². The lowest BCUT2D eigenvalue weighted by Gasteiger charge is -2.34. The highest BCUT2D eigenvalue weighted by Crippen LogP contribution is 2.29. The summed E-state index contributed by atoms with van der Waals surface area (Å²) >= 11 is 1.61. The molecule has 2 amide bonds. The zero-order valence-electron chi connectivity index (χ0n) is 17.6. The molecule has 0 spiro atoms. The van der Waals surface area contributed by atoms with Crippen LogP contribution in [-0.4, -0.2) is 75.1 Å². The van der Waals surface area contributed by atoms with Crippen LogP contribution in [0.2, 0.25) is 0 Å². The molecule has 2 fully saturated rings. The Morgan fingerprint density at radius 2 is 2.03 bits per heavy atom. The minimum Gasteiger partial charge on any atom is -0.352 e. The Kier molecular flexibility index (Phi) is 5.45. The average molecular weight is 439 g/mol. The topological polar surface area (TPSA) is 83.4 Å². The first-order valence-corrected chi connectivity index (χ1v) is 11.7. The summed E-state index contributed by atoms with van der Waals surface area (Å²) in [6, 6.07) is 6.29. The molecule has 0 unspecified atom stereocenters. The SMILES string of the molecule is CCn1ncc2c(C(=O)N3CCN(CC(=O)NC4CC4)CC3)cc(-c3cccs3)nc21. The molecule has 2 aliphatic rings. The summed E-state index contributed by atoms with van der Waals surface area (Å²) < 4.78 is 1.83. The first-order chi connectivity index (χ1) is 15.1. The number of aryl methyl sites for hydroxylation is 1. The van der Waals surface area contributed by atoms with Gasteiger partial charge in [0.15, 0.2) is 5.65 Å². The molecule has 8 nitrogen and oxygen atoms in total. The molecule has 0 radical (unpaired) electrons. The molecule has 1 N–H and O–H groups in total. The predicted octanol–water partition coefficient (Wildman–Crippen LogP) is 2.22. The minimum absolute atomic E-state index is 0.00272. The number of aromatic nitrogens is 3. The standard InChI is InChI=1S/C22H26N6O2S/c1-2-28-21-17(13-23-28)16(12-18(25-21)19-4-3-11-31-19)22(30)27-9-7-26(8-10-27)14-20(29)24-15-5-6-15/h3-4,11-13,15H,2,5-10,14H2,1H3,(H,24,29). The van der Waals surface area contributed by atoms with Crippen molar-refractivity contribution >= 4 is 34.2 Å². The fraction of sp³-hybridized carbons (Fsp3) is 0.455. The van der Waals surface area contributed by atoms with Crippen molar-refractivity contribution in [1.29, 1.82) is 0 Å². The van der Waals surface area contributed by atoms with Crippen molar-refractivity contribution in [3.8, 4) is 10.6 Å². The summed E-state index contributed by atoms with van der Waals surface area (Å²) in [7, 11) is 0. The number of carbonyl (C=O) groups excluding carboxylic acids is 2. The molecule has 1 aliphatic carbocycles. The molecule has 0 atom stereocenters. The largest absolute Gasteiger partial charge is 0.352 e. The molecule has 0 bridgehead atoms. The van der Waals surface area contributed by atoms with E-state index in [2.05, 4.69) is 15.3 Å². The van der Waals surface area contributed by atoms with Gasteiger partial charge in [-0.05, 0) is 37.3 Å². The van der Waals surface area contributed by atoms with Crippen LogP contribution in [0.4, 0.5) is 0 Å². The molecule has 9 heteroatoms. The second kappa shape index (κ2) is 8.39. The molecule has 31 heavy (non-hydrogen) atoms. The minimum atomic E-state index is 0.00272. The van der Waals surface area contributed by atoms with E-state index in [4.69, 9.17) is 4.98 Å². The number of thiophene rings is 1. The number of piperazine rings is 1. The quantitative estimate of drug-likeness (QED) is 0.638. The van der Waals surface area contributed by atoms with E-state index in [1.165, 1.54) is 0 Å². The molecule has 1 aliphatic heterocycles. The zero-order valence-corrected chi connectivity index (χ0v) is 18.4. The number of hydrogen-bond acceptors (Lipinski definition) is 6. The van der Waals surface area contributed by atoms with Crippen molar-refractivity contribution in [2.24, 2.45) is 0 Å². The number of rotatable bonds is 6. The van der Waals surface area contributed by atoms with Crippen LogP contribution in [0.3, 0.4) is 0 Å². The molecule has 1 saturated carbocycles. The van der Waals surface area contributed by atoms with Crippen molar-refractivity contribution in [1.82, 2.24) is 29.9 Å². The van der Waals surface area contributed by atoms with Gasteiger partial charge in [-0.15, -0.1) is 11.3 Å². The Hall–Kier alpha value is -2.78. The lowest BCUT2D eigenvalue weighted by atomic mass is 10.1. The van der Waals surface area contributed by atoms with Gasteiger partial charge in [0.1, 0.15) is 0 Å². The van der Waals surface area contributed by atoms with Crippen molar-refractivity contribution in [2.75, 3.05) is 32.7 Å². The monoisotopic (exact) mass is 438 g/mol. The molecule has 3 aromatic rings. The van der Waals surface area contributed by atoms with Gasteiger partial charge in [0, 0.05) is 38.8 Å². The van der Waals surface area contributed by atoms with Gasteiger partial charge < -0.3 is 10.2 Å². The van der Waals surface area contributed by atoms with Crippen LogP contribution >= 0.6 is 11.3 Å². The summed E-state index contributed by atoms with van der Waals surface area (Å²) in [6.45, 7) is 5.73. The second-order valence-electron chi connectivity index (χ2n) is 8.14. The number of hydrogen-bond donors (Lipinski definition) is 1. The summed E-state index contributed by atoms with van der Waals surface area (Å²) in [4.78, 5) is 35.4. The Labute approximate surface area is 184 Å². The molecule has 4 heterocycles. The molecule has 3 aromatic heterocycles. The van der Waals surface area contributed by atoms with E-state index in [0.29, 0.717) is 50.9 Å². The number of amides is 2. The molecule has 162 valence electrons. The lowest BCUT2D eigenvalue weighted by Crippen LogP contribution is -2.51. The Morgan fingerprint density at radius 1 is 1.23 bits per heavy atom. The van der Waals surface area contributed by atoms with Crippen LogP contribution in [0.1, 0.15) is 30.1 Å². The highest BCUT2D eigenvalue weighted by atomic mass is 32.1. The summed E-state index contributed by atoms with van der Waals surface area (Å²) in [6.07, 6.45) is 3.93. The van der Waals surface area contributed by atoms with Crippen molar-refractivity contribution < 1.29 is 9.59 Å². The number of fused-ring (bicyclic) bond motifs is 1. The van der Waals surface area contributed by atoms with Gasteiger partial charge in [0.05, 0.1) is 34.3 Å². The zero-order chi connectivity index (χ0) is 21.4. The number of carbonyl (C=O) groups is 2. The fourth-order valence-electron chi connectivity index (χ4n) is 3.99. The molecule has 5 rings (SSSR count). The molecule has 0 aromatic carbocycles. The maximum absolute atomic E-state index is 13.5. The summed E-state index contributed by atoms with van der Waals surface area (Å²) in [5.74, 6) is 0.0913. The van der Waals surface area contributed by atoms with Crippen molar-refractivity contribution in [2.45, 2.75) is 32.4 Å². The maximum Gasteiger partial charge on any atom is 0.254 e. The average Bonchev–Trinajstić information content (AvgIpc) is 3.26. The first kappa shape index (κ1) is 20.1. The number of nitrogens with one attached hydrogen (secondary N) is 1. The third kappa shape index (κ3) is 4.20. The van der Waals surface area contributed by atoms with Gasteiger partial charge in [-0.3, -0.25) is 14.5 Å². The highest BCUT2D eigenvalue weighted by Gasteiger charge is 2.28. The van der Waals surface area contributed by atoms with Crippen LogP contribution in [0.5, 0.6) is 0 Å². The van der Waals surface area contributed by atoms with Gasteiger partial charge in [-0.2, -0.15) is 5.10 Å². The van der Waals surface area contributed by atoms with E-state index in [1.54, 1.807) is 17.5 Å². The van der Waals surface area contributed by atoms with E-state index < -0.39 is 0 Å². The molecule has 1 saturated heterocycles. The number of nitrogens with zero attached hydrogens (tertiary/aromatic N) is 5.